The van der Waals surface area contributed by atoms with Gasteiger partial charge in [-0.25, -0.2) is 4.98 Å². The van der Waals surface area contributed by atoms with E-state index in [1.54, 1.807) is 0 Å². The van der Waals surface area contributed by atoms with Crippen LogP contribution in [0.3, 0.4) is 0 Å². The average Bonchev–Trinajstić information content (AvgIpc) is 2.77. The van der Waals surface area contributed by atoms with Crippen LogP contribution in [0.15, 0.2) is 12.4 Å². The molecule has 1 aromatic rings. The molecular formula is C13H22N4. The van der Waals surface area contributed by atoms with Gasteiger partial charge in [-0.05, 0) is 37.5 Å². The molecule has 0 spiro atoms. The third-order valence-electron chi connectivity index (χ3n) is 4.70. The predicted octanol–water partition coefficient (Wildman–Crippen LogP) is 1.32. The first-order chi connectivity index (χ1) is 8.35. The summed E-state index contributed by atoms with van der Waals surface area (Å²) in [5.74, 6) is 9.60. The average molecular weight is 234 g/mol. The highest BCUT2D eigenvalue weighted by atomic mass is 15.2. The van der Waals surface area contributed by atoms with Crippen molar-refractivity contribution in [1.29, 1.82) is 0 Å². The van der Waals surface area contributed by atoms with Crippen LogP contribution in [-0.4, -0.2) is 15.6 Å². The maximum atomic E-state index is 5.74. The maximum Gasteiger partial charge on any atom is 0.110 e. The van der Waals surface area contributed by atoms with Crippen molar-refractivity contribution < 1.29 is 0 Å². The maximum absolute atomic E-state index is 5.74. The van der Waals surface area contributed by atoms with E-state index in [1.807, 2.05) is 6.20 Å². The molecule has 2 aliphatic rings. The van der Waals surface area contributed by atoms with Gasteiger partial charge >= 0.3 is 0 Å². The Morgan fingerprint density at radius 2 is 2.29 bits per heavy atom. The monoisotopic (exact) mass is 234 g/mol. The highest BCUT2D eigenvalue weighted by molar-refractivity contribution is 5.08. The Balaban J connectivity index is 1.66. The van der Waals surface area contributed by atoms with Crippen LogP contribution in [0.5, 0.6) is 0 Å². The number of hydrogen-bond acceptors (Lipinski definition) is 3. The van der Waals surface area contributed by atoms with Crippen LogP contribution in [0.2, 0.25) is 0 Å². The lowest BCUT2D eigenvalue weighted by molar-refractivity contribution is 0.399. The van der Waals surface area contributed by atoms with Gasteiger partial charge in [0.05, 0.1) is 0 Å². The fourth-order valence-corrected chi connectivity index (χ4v) is 3.79. The van der Waals surface area contributed by atoms with Gasteiger partial charge in [0.15, 0.2) is 0 Å². The second kappa shape index (κ2) is 4.42. The van der Waals surface area contributed by atoms with E-state index in [1.165, 1.54) is 25.1 Å². The molecule has 2 saturated carbocycles. The molecule has 3 atom stereocenters. The lowest BCUT2D eigenvalue weighted by atomic mass is 10.0. The molecule has 94 valence electrons. The number of imidazole rings is 1. The zero-order chi connectivity index (χ0) is 11.8. The van der Waals surface area contributed by atoms with Gasteiger partial charge < -0.3 is 4.57 Å². The Hall–Kier alpha value is -0.870. The standard InChI is InChI=1S/C13H22N4/c1-2-17-7-6-15-12(17)8-11(16-14)13-9-4-3-5-10(9)13/h6-7,9-11,13,16H,2-5,8,14H2,1H3. The molecule has 0 aromatic carbocycles. The molecule has 0 amide bonds. The Labute approximate surface area is 103 Å². The van der Waals surface area contributed by atoms with Crippen LogP contribution in [-0.2, 0) is 13.0 Å². The number of rotatable bonds is 5. The molecule has 1 heterocycles. The normalized spacial score (nSPS) is 32.5. The van der Waals surface area contributed by atoms with Crippen molar-refractivity contribution in [2.45, 2.75) is 45.2 Å². The van der Waals surface area contributed by atoms with Gasteiger partial charge in [0, 0.05) is 31.4 Å². The summed E-state index contributed by atoms with van der Waals surface area (Å²) in [7, 11) is 0. The highest BCUT2D eigenvalue weighted by Crippen LogP contribution is 2.59. The van der Waals surface area contributed by atoms with E-state index in [4.69, 9.17) is 5.84 Å². The van der Waals surface area contributed by atoms with Gasteiger partial charge in [-0.1, -0.05) is 6.42 Å². The Morgan fingerprint density at radius 1 is 1.53 bits per heavy atom. The zero-order valence-corrected chi connectivity index (χ0v) is 10.5. The summed E-state index contributed by atoms with van der Waals surface area (Å²) in [5.41, 5.74) is 3.03. The van der Waals surface area contributed by atoms with E-state index < -0.39 is 0 Å². The molecular weight excluding hydrogens is 212 g/mol. The summed E-state index contributed by atoms with van der Waals surface area (Å²) < 4.78 is 2.21. The second-order valence-electron chi connectivity index (χ2n) is 5.44. The molecule has 17 heavy (non-hydrogen) atoms. The molecule has 0 aliphatic heterocycles. The van der Waals surface area contributed by atoms with E-state index in [9.17, 15) is 0 Å². The van der Waals surface area contributed by atoms with Crippen molar-refractivity contribution >= 4 is 0 Å². The Bertz CT molecular complexity index is 377. The number of aromatic nitrogens is 2. The van der Waals surface area contributed by atoms with Crippen LogP contribution in [0.4, 0.5) is 0 Å². The fourth-order valence-electron chi connectivity index (χ4n) is 3.79. The highest BCUT2D eigenvalue weighted by Gasteiger charge is 2.55. The molecule has 3 rings (SSSR count). The minimum absolute atomic E-state index is 0.415. The van der Waals surface area contributed by atoms with Gasteiger partial charge in [-0.2, -0.15) is 0 Å². The number of nitrogens with two attached hydrogens (primary N) is 1. The van der Waals surface area contributed by atoms with E-state index in [-0.39, 0.29) is 0 Å². The van der Waals surface area contributed by atoms with Crippen molar-refractivity contribution in [3.63, 3.8) is 0 Å². The van der Waals surface area contributed by atoms with Crippen molar-refractivity contribution in [2.24, 2.45) is 23.6 Å². The summed E-state index contributed by atoms with van der Waals surface area (Å²) in [6.45, 7) is 3.14. The van der Waals surface area contributed by atoms with Crippen molar-refractivity contribution in [3.8, 4) is 0 Å². The third-order valence-corrected chi connectivity index (χ3v) is 4.70. The van der Waals surface area contributed by atoms with Crippen molar-refractivity contribution in [2.75, 3.05) is 0 Å². The first kappa shape index (κ1) is 11.2. The van der Waals surface area contributed by atoms with Gasteiger partial charge in [0.2, 0.25) is 0 Å². The summed E-state index contributed by atoms with van der Waals surface area (Å²) in [4.78, 5) is 4.45. The molecule has 2 aliphatic carbocycles. The van der Waals surface area contributed by atoms with E-state index in [2.05, 4.69) is 28.1 Å². The van der Waals surface area contributed by atoms with E-state index in [0.717, 1.165) is 30.7 Å². The number of nitrogens with zero attached hydrogens (tertiary/aromatic N) is 2. The number of aryl methyl sites for hydroxylation is 1. The number of hydrazine groups is 1. The molecule has 3 N–H and O–H groups in total. The molecule has 1 aromatic heterocycles. The number of hydrogen-bond donors (Lipinski definition) is 2. The molecule has 2 fully saturated rings. The van der Waals surface area contributed by atoms with Crippen molar-refractivity contribution in [1.82, 2.24) is 15.0 Å². The van der Waals surface area contributed by atoms with Gasteiger partial charge in [0.25, 0.3) is 0 Å². The van der Waals surface area contributed by atoms with Gasteiger partial charge in [-0.3, -0.25) is 11.3 Å². The minimum atomic E-state index is 0.415. The van der Waals surface area contributed by atoms with Crippen molar-refractivity contribution in [3.05, 3.63) is 18.2 Å². The molecule has 0 bridgehead atoms. The minimum Gasteiger partial charge on any atom is -0.335 e. The first-order valence-electron chi connectivity index (χ1n) is 6.81. The third kappa shape index (κ3) is 1.89. The lowest BCUT2D eigenvalue weighted by Gasteiger charge is -2.18. The Kier molecular flexibility index (Phi) is 2.92. The summed E-state index contributed by atoms with van der Waals surface area (Å²) >= 11 is 0. The SMILES string of the molecule is CCn1ccnc1CC(NN)C1C2CCCC21. The van der Waals surface area contributed by atoms with Crippen LogP contribution < -0.4 is 11.3 Å². The second-order valence-corrected chi connectivity index (χ2v) is 5.44. The molecule has 4 heteroatoms. The predicted molar refractivity (Wildman–Crippen MR) is 67.0 cm³/mol. The van der Waals surface area contributed by atoms with Gasteiger partial charge in [0.1, 0.15) is 5.82 Å². The zero-order valence-electron chi connectivity index (χ0n) is 10.5. The first-order valence-corrected chi connectivity index (χ1v) is 6.81. The van der Waals surface area contributed by atoms with Crippen LogP contribution >= 0.6 is 0 Å². The van der Waals surface area contributed by atoms with E-state index in [0.29, 0.717) is 6.04 Å². The smallest absolute Gasteiger partial charge is 0.110 e. The van der Waals surface area contributed by atoms with E-state index >= 15 is 0 Å². The number of fused-ring (bicyclic) bond motifs is 1. The summed E-state index contributed by atoms with van der Waals surface area (Å²) in [6.07, 6.45) is 9.16. The van der Waals surface area contributed by atoms with Crippen LogP contribution in [0, 0.1) is 17.8 Å². The fraction of sp³-hybridized carbons (Fsp3) is 0.769. The van der Waals surface area contributed by atoms with Gasteiger partial charge in [-0.15, -0.1) is 0 Å². The quantitative estimate of drug-likeness (QED) is 0.597. The molecule has 0 saturated heterocycles. The van der Waals surface area contributed by atoms with Crippen LogP contribution in [0.25, 0.3) is 0 Å². The van der Waals surface area contributed by atoms with Crippen LogP contribution in [0.1, 0.15) is 32.0 Å². The molecule has 3 unspecified atom stereocenters. The summed E-state index contributed by atoms with van der Waals surface area (Å²) in [6, 6.07) is 0.415. The molecule has 0 radical (unpaired) electrons. The lowest BCUT2D eigenvalue weighted by Crippen LogP contribution is -2.40. The molecule has 4 nitrogen and oxygen atoms in total. The summed E-state index contributed by atoms with van der Waals surface area (Å²) in [5, 5.41) is 0. The largest absolute Gasteiger partial charge is 0.335 e. The topological polar surface area (TPSA) is 55.9 Å². The number of nitrogens with one attached hydrogen (secondary N) is 1. The Morgan fingerprint density at radius 3 is 2.94 bits per heavy atom.